The van der Waals surface area contributed by atoms with Crippen LogP contribution < -0.4 is 4.90 Å². The summed E-state index contributed by atoms with van der Waals surface area (Å²) >= 11 is 5.53. The Kier molecular flexibility index (Phi) is 7.30. The Morgan fingerprint density at radius 3 is 2.51 bits per heavy atom. The van der Waals surface area contributed by atoms with Crippen LogP contribution in [0.1, 0.15) is 36.8 Å². The summed E-state index contributed by atoms with van der Waals surface area (Å²) in [7, 11) is 0. The Labute approximate surface area is 217 Å². The van der Waals surface area contributed by atoms with E-state index in [2.05, 4.69) is 20.1 Å². The molecule has 1 aliphatic rings. The van der Waals surface area contributed by atoms with Gasteiger partial charge in [0.15, 0.2) is 10.6 Å². The molecular weight excluding hydrogens is 499 g/mol. The Balaban J connectivity index is 1.64. The second kappa shape index (κ2) is 10.6. The van der Waals surface area contributed by atoms with Crippen LogP contribution in [0, 0.1) is 10.7 Å². The summed E-state index contributed by atoms with van der Waals surface area (Å²) in [5.74, 6) is 1.02. The number of aliphatic hydroxyl groups is 1. The van der Waals surface area contributed by atoms with E-state index in [-0.39, 0.29) is 12.1 Å². The molecule has 37 heavy (non-hydrogen) atoms. The number of benzene rings is 2. The Bertz CT molecular complexity index is 1430. The number of H-pyrrole nitrogens is 1. The predicted molar refractivity (Wildman–Crippen MR) is 140 cm³/mol. The number of rotatable bonds is 7. The molecule has 1 fully saturated rings. The lowest BCUT2D eigenvalue weighted by atomic mass is 9.91. The molecule has 1 saturated heterocycles. The third kappa shape index (κ3) is 5.26. The third-order valence-electron chi connectivity index (χ3n) is 7.06. The molecule has 5 rings (SSSR count). The first kappa shape index (κ1) is 25.4. The van der Waals surface area contributed by atoms with Crippen LogP contribution in [-0.4, -0.2) is 44.6 Å². The summed E-state index contributed by atoms with van der Waals surface area (Å²) in [6, 6.07) is 14.0. The molecule has 6 nitrogen and oxygen atoms in total. The number of pyridine rings is 1. The highest BCUT2D eigenvalue weighted by Crippen LogP contribution is 2.42. The van der Waals surface area contributed by atoms with Crippen LogP contribution in [-0.2, 0) is 12.7 Å². The van der Waals surface area contributed by atoms with Crippen LogP contribution in [0.3, 0.4) is 0 Å². The van der Waals surface area contributed by atoms with Gasteiger partial charge in [0.05, 0.1) is 28.9 Å². The number of nitrogens with one attached hydrogen (secondary N) is 1. The predicted octanol–water partition coefficient (Wildman–Crippen LogP) is 6.21. The van der Waals surface area contributed by atoms with Crippen molar-refractivity contribution < 1.29 is 18.3 Å². The normalized spacial score (nSPS) is 15.0. The van der Waals surface area contributed by atoms with Crippen molar-refractivity contribution in [3.8, 4) is 11.4 Å². The quantitative estimate of drug-likeness (QED) is 0.280. The minimum Gasteiger partial charge on any atom is -0.396 e. The molecule has 0 unspecified atom stereocenters. The second-order valence-electron chi connectivity index (χ2n) is 9.44. The van der Waals surface area contributed by atoms with Gasteiger partial charge in [0, 0.05) is 31.3 Å². The average molecular weight is 528 g/mol. The largest absolute Gasteiger partial charge is 0.418 e. The van der Waals surface area contributed by atoms with E-state index >= 15 is 0 Å². The lowest BCUT2D eigenvalue weighted by Gasteiger charge is -2.35. The zero-order valence-corrected chi connectivity index (χ0v) is 21.0. The minimum absolute atomic E-state index is 0.0695. The van der Waals surface area contributed by atoms with E-state index < -0.39 is 11.7 Å². The van der Waals surface area contributed by atoms with Crippen molar-refractivity contribution in [2.75, 3.05) is 24.6 Å². The van der Waals surface area contributed by atoms with Crippen molar-refractivity contribution in [2.45, 2.75) is 38.4 Å². The summed E-state index contributed by atoms with van der Waals surface area (Å²) < 4.78 is 43.9. The molecule has 0 aliphatic carbocycles. The van der Waals surface area contributed by atoms with Crippen molar-refractivity contribution in [3.63, 3.8) is 0 Å². The SMILES string of the molecule is OCCCC1CCN(c2c(-c3n[nH]c(=S)n3Cc3ccccc3)cnc3c(C(F)(F)F)cccc23)CC1. The number of alkyl halides is 3. The van der Waals surface area contributed by atoms with Crippen LogP contribution in [0.2, 0.25) is 0 Å². The van der Waals surface area contributed by atoms with Gasteiger partial charge in [-0.15, -0.1) is 0 Å². The topological polar surface area (TPSA) is 70.0 Å². The fourth-order valence-electron chi connectivity index (χ4n) is 5.20. The van der Waals surface area contributed by atoms with Crippen molar-refractivity contribution in [1.82, 2.24) is 19.7 Å². The van der Waals surface area contributed by atoms with Gasteiger partial charge in [-0.1, -0.05) is 42.5 Å². The Morgan fingerprint density at radius 1 is 1.05 bits per heavy atom. The van der Waals surface area contributed by atoms with E-state index in [0.29, 0.717) is 52.8 Å². The molecular formula is C27H28F3N5OS. The number of nitrogens with zero attached hydrogens (tertiary/aromatic N) is 4. The maximum absolute atomic E-state index is 13.9. The smallest absolute Gasteiger partial charge is 0.396 e. The van der Waals surface area contributed by atoms with Gasteiger partial charge in [-0.2, -0.15) is 18.3 Å². The van der Waals surface area contributed by atoms with Crippen molar-refractivity contribution in [3.05, 3.63) is 70.6 Å². The van der Waals surface area contributed by atoms with E-state index in [1.807, 2.05) is 34.9 Å². The summed E-state index contributed by atoms with van der Waals surface area (Å²) in [5.41, 5.74) is 1.54. The van der Waals surface area contributed by atoms with Crippen LogP contribution >= 0.6 is 12.2 Å². The number of piperidine rings is 1. The number of para-hydroxylation sites is 1. The number of aromatic nitrogens is 4. The minimum atomic E-state index is -4.52. The van der Waals surface area contributed by atoms with Gasteiger partial charge >= 0.3 is 6.18 Å². The van der Waals surface area contributed by atoms with Gasteiger partial charge in [0.2, 0.25) is 0 Å². The lowest BCUT2D eigenvalue weighted by molar-refractivity contribution is -0.136. The van der Waals surface area contributed by atoms with Gasteiger partial charge < -0.3 is 10.0 Å². The first-order valence-electron chi connectivity index (χ1n) is 12.4. The molecule has 0 amide bonds. The van der Waals surface area contributed by atoms with Crippen LogP contribution in [0.4, 0.5) is 18.9 Å². The average Bonchev–Trinajstić information content (AvgIpc) is 3.26. The lowest BCUT2D eigenvalue weighted by Crippen LogP contribution is -2.34. The molecule has 2 N–H and O–H groups in total. The molecule has 0 radical (unpaired) electrons. The number of halogens is 3. The molecule has 2 aromatic heterocycles. The molecule has 0 bridgehead atoms. The number of hydrogen-bond acceptors (Lipinski definition) is 5. The highest BCUT2D eigenvalue weighted by atomic mass is 32.1. The molecule has 0 spiro atoms. The number of aliphatic hydroxyl groups excluding tert-OH is 1. The van der Waals surface area contributed by atoms with Crippen LogP contribution in [0.25, 0.3) is 22.3 Å². The molecule has 4 aromatic rings. The van der Waals surface area contributed by atoms with Crippen LogP contribution in [0.15, 0.2) is 54.7 Å². The van der Waals surface area contributed by atoms with Gasteiger partial charge in [-0.25, -0.2) is 0 Å². The van der Waals surface area contributed by atoms with E-state index in [4.69, 9.17) is 12.2 Å². The van der Waals surface area contributed by atoms with Crippen molar-refractivity contribution >= 4 is 28.8 Å². The molecule has 10 heteroatoms. The summed E-state index contributed by atoms with van der Waals surface area (Å²) in [4.78, 5) is 6.47. The highest BCUT2D eigenvalue weighted by molar-refractivity contribution is 7.71. The van der Waals surface area contributed by atoms with Crippen LogP contribution in [0.5, 0.6) is 0 Å². The first-order chi connectivity index (χ1) is 17.9. The maximum atomic E-state index is 13.9. The third-order valence-corrected chi connectivity index (χ3v) is 7.37. The van der Waals surface area contributed by atoms with Gasteiger partial charge in [-0.05, 0) is 55.4 Å². The van der Waals surface area contributed by atoms with E-state index in [1.165, 1.54) is 12.3 Å². The van der Waals surface area contributed by atoms with E-state index in [9.17, 15) is 18.3 Å². The van der Waals surface area contributed by atoms with Crippen molar-refractivity contribution in [1.29, 1.82) is 0 Å². The molecule has 194 valence electrons. The second-order valence-corrected chi connectivity index (χ2v) is 9.83. The molecule has 1 aliphatic heterocycles. The van der Waals surface area contributed by atoms with Crippen molar-refractivity contribution in [2.24, 2.45) is 5.92 Å². The summed E-state index contributed by atoms with van der Waals surface area (Å²) in [6.45, 7) is 2.03. The fraction of sp³-hybridized carbons (Fsp3) is 0.370. The maximum Gasteiger partial charge on any atom is 0.418 e. The molecule has 0 atom stereocenters. The number of fused-ring (bicyclic) bond motifs is 1. The summed E-state index contributed by atoms with van der Waals surface area (Å²) in [5, 5.41) is 17.0. The van der Waals surface area contributed by atoms with Gasteiger partial charge in [0.25, 0.3) is 0 Å². The zero-order chi connectivity index (χ0) is 26.0. The Morgan fingerprint density at radius 2 is 1.81 bits per heavy atom. The van der Waals surface area contributed by atoms with E-state index in [0.717, 1.165) is 37.3 Å². The number of anilines is 1. The summed E-state index contributed by atoms with van der Waals surface area (Å²) in [6.07, 6.45) is 0.491. The monoisotopic (exact) mass is 527 g/mol. The highest BCUT2D eigenvalue weighted by Gasteiger charge is 2.35. The zero-order valence-electron chi connectivity index (χ0n) is 20.2. The van der Waals surface area contributed by atoms with E-state index in [1.54, 1.807) is 6.07 Å². The standard InChI is InChI=1S/C27H28F3N5OS/c28-27(29,30)22-10-4-9-20-23(22)31-16-21(24(20)34-13-11-18(12-14-34)8-5-15-36)25-32-33-26(37)35(25)17-19-6-2-1-3-7-19/h1-4,6-7,9-10,16,18,36H,5,8,11-15,17H2,(H,33,37). The molecule has 0 saturated carbocycles. The molecule has 2 aromatic carbocycles. The molecule has 3 heterocycles. The number of aromatic amines is 1. The fourth-order valence-corrected chi connectivity index (χ4v) is 5.40. The number of hydrogen-bond donors (Lipinski definition) is 2. The first-order valence-corrected chi connectivity index (χ1v) is 12.8. The Hall–Kier alpha value is -3.24. The van der Waals surface area contributed by atoms with Gasteiger partial charge in [0.1, 0.15) is 0 Å². The van der Waals surface area contributed by atoms with Gasteiger partial charge in [-0.3, -0.25) is 14.6 Å².